The molecule has 0 bridgehead atoms. The Kier molecular flexibility index (Phi) is 6.82. The molecule has 0 spiro atoms. The van der Waals surface area contributed by atoms with Gasteiger partial charge < -0.3 is 30.4 Å². The summed E-state index contributed by atoms with van der Waals surface area (Å²) in [6, 6.07) is 10.8. The second-order valence-electron chi connectivity index (χ2n) is 8.32. The van der Waals surface area contributed by atoms with Gasteiger partial charge in [-0.15, -0.1) is 0 Å². The van der Waals surface area contributed by atoms with E-state index in [2.05, 4.69) is 19.9 Å². The number of nitrogen functional groups attached to an aromatic ring is 1. The predicted octanol–water partition coefficient (Wildman–Crippen LogP) is 3.62. The average Bonchev–Trinajstić information content (AvgIpc) is 2.94. The van der Waals surface area contributed by atoms with Crippen LogP contribution in [0.4, 0.5) is 5.82 Å². The van der Waals surface area contributed by atoms with Gasteiger partial charge in [0.15, 0.2) is 11.5 Å². The fourth-order valence-electron chi connectivity index (χ4n) is 3.93. The molecule has 0 aliphatic heterocycles. The molecule has 4 aromatic heterocycles. The number of hydrogen-bond donors (Lipinski definition) is 2. The van der Waals surface area contributed by atoms with Crippen molar-refractivity contribution in [3.05, 3.63) is 67.4 Å². The predicted molar refractivity (Wildman–Crippen MR) is 141 cm³/mol. The first-order valence-corrected chi connectivity index (χ1v) is 11.5. The van der Waals surface area contributed by atoms with Gasteiger partial charge in [0.2, 0.25) is 0 Å². The highest BCUT2D eigenvalue weighted by Gasteiger charge is 2.14. The van der Waals surface area contributed by atoms with E-state index in [1.165, 1.54) is 0 Å². The molecule has 188 valence electrons. The number of nitrogens with two attached hydrogens (primary N) is 2. The Morgan fingerprint density at radius 1 is 0.811 bits per heavy atom. The summed E-state index contributed by atoms with van der Waals surface area (Å²) in [6.45, 7) is 0.535. The van der Waals surface area contributed by atoms with Gasteiger partial charge in [0, 0.05) is 41.0 Å². The van der Waals surface area contributed by atoms with E-state index in [1.807, 2.05) is 30.3 Å². The minimum Gasteiger partial charge on any atom is -0.493 e. The van der Waals surface area contributed by atoms with Crippen LogP contribution in [-0.2, 0) is 0 Å². The number of fused-ring (bicyclic) bond motifs is 3. The van der Waals surface area contributed by atoms with Crippen molar-refractivity contribution in [2.75, 3.05) is 33.2 Å². The third-order valence-corrected chi connectivity index (χ3v) is 5.78. The normalized spacial score (nSPS) is 11.9. The monoisotopic (exact) mass is 498 g/mol. The summed E-state index contributed by atoms with van der Waals surface area (Å²) in [5.74, 6) is 2.77. The smallest absolute Gasteiger partial charge is 0.162 e. The van der Waals surface area contributed by atoms with Gasteiger partial charge in [-0.3, -0.25) is 15.0 Å². The van der Waals surface area contributed by atoms with Gasteiger partial charge in [0.25, 0.3) is 0 Å². The van der Waals surface area contributed by atoms with Gasteiger partial charge in [0.1, 0.15) is 30.5 Å². The van der Waals surface area contributed by atoms with Crippen molar-refractivity contribution in [1.82, 2.24) is 19.9 Å². The van der Waals surface area contributed by atoms with Crippen molar-refractivity contribution in [1.29, 1.82) is 0 Å². The van der Waals surface area contributed by atoms with Crippen molar-refractivity contribution in [2.24, 2.45) is 5.73 Å². The number of hydrogen-bond acceptors (Lipinski definition) is 10. The molecule has 0 aliphatic carbocycles. The summed E-state index contributed by atoms with van der Waals surface area (Å²) in [5.41, 5.74) is 14.6. The first-order chi connectivity index (χ1) is 18.1. The number of methoxy groups -OCH3 is 2. The molecule has 4 N–H and O–H groups in total. The van der Waals surface area contributed by atoms with E-state index in [4.69, 9.17) is 30.4 Å². The van der Waals surface area contributed by atoms with Crippen LogP contribution in [-0.4, -0.2) is 53.4 Å². The second kappa shape index (κ2) is 10.5. The van der Waals surface area contributed by atoms with Gasteiger partial charge >= 0.3 is 0 Å². The molecule has 0 unspecified atom stereocenters. The molecule has 0 amide bonds. The standard InChI is InChI=1S/C27H26N6O4/c1-34-25-8-21-20-7-23(33-27(29)22(20)13-32-24(21)9-26(25)35-2)16-6-19(12-31-10-16)37-15-17(28)14-36-18-4-3-5-30-11-18/h3-13,17H,14-15,28H2,1-2H3,(H2,29,33)/t17-/m0/s1. The first kappa shape index (κ1) is 24.0. The molecule has 0 radical (unpaired) electrons. The number of aromatic nitrogens is 4. The Morgan fingerprint density at radius 3 is 2.32 bits per heavy atom. The van der Waals surface area contributed by atoms with Crippen LogP contribution < -0.4 is 30.4 Å². The second-order valence-corrected chi connectivity index (χ2v) is 8.32. The van der Waals surface area contributed by atoms with E-state index < -0.39 is 0 Å². The Morgan fingerprint density at radius 2 is 1.57 bits per heavy atom. The number of ether oxygens (including phenoxy) is 4. The van der Waals surface area contributed by atoms with Crippen LogP contribution in [0.3, 0.4) is 0 Å². The van der Waals surface area contributed by atoms with Crippen LogP contribution >= 0.6 is 0 Å². The van der Waals surface area contributed by atoms with Crippen LogP contribution in [0.5, 0.6) is 23.0 Å². The maximum atomic E-state index is 6.34. The molecule has 10 nitrogen and oxygen atoms in total. The number of pyridine rings is 4. The zero-order valence-electron chi connectivity index (χ0n) is 20.4. The lowest BCUT2D eigenvalue weighted by atomic mass is 10.0. The summed E-state index contributed by atoms with van der Waals surface area (Å²) in [4.78, 5) is 17.5. The number of benzene rings is 1. The third kappa shape index (κ3) is 5.14. The lowest BCUT2D eigenvalue weighted by Crippen LogP contribution is -2.34. The van der Waals surface area contributed by atoms with Gasteiger partial charge in [-0.05, 0) is 35.7 Å². The Bertz CT molecular complexity index is 1550. The van der Waals surface area contributed by atoms with Crippen LogP contribution in [0.25, 0.3) is 32.9 Å². The van der Waals surface area contributed by atoms with Crippen LogP contribution in [0.2, 0.25) is 0 Å². The van der Waals surface area contributed by atoms with E-state index in [0.717, 1.165) is 27.2 Å². The molecule has 5 rings (SSSR count). The van der Waals surface area contributed by atoms with Crippen LogP contribution in [0.15, 0.2) is 67.4 Å². The van der Waals surface area contributed by atoms with Crippen molar-refractivity contribution >= 4 is 27.5 Å². The van der Waals surface area contributed by atoms with E-state index in [0.29, 0.717) is 34.5 Å². The van der Waals surface area contributed by atoms with Crippen molar-refractivity contribution in [2.45, 2.75) is 6.04 Å². The molecule has 0 saturated heterocycles. The topological polar surface area (TPSA) is 141 Å². The first-order valence-electron chi connectivity index (χ1n) is 11.5. The van der Waals surface area contributed by atoms with E-state index >= 15 is 0 Å². The fourth-order valence-corrected chi connectivity index (χ4v) is 3.93. The SMILES string of the molecule is COc1cc2ncc3c(N)nc(-c4cncc(OC[C@@H](N)COc5cccnc5)c4)cc3c2cc1OC. The zero-order valence-corrected chi connectivity index (χ0v) is 20.4. The number of nitrogens with zero attached hydrogens (tertiary/aromatic N) is 4. The third-order valence-electron chi connectivity index (χ3n) is 5.78. The van der Waals surface area contributed by atoms with Crippen molar-refractivity contribution in [3.8, 4) is 34.3 Å². The highest BCUT2D eigenvalue weighted by molar-refractivity contribution is 6.10. The molecule has 4 heterocycles. The summed E-state index contributed by atoms with van der Waals surface area (Å²) in [6.07, 6.45) is 8.36. The highest BCUT2D eigenvalue weighted by Crippen LogP contribution is 2.37. The molecule has 0 fully saturated rings. The van der Waals surface area contributed by atoms with Crippen molar-refractivity contribution in [3.63, 3.8) is 0 Å². The lowest BCUT2D eigenvalue weighted by Gasteiger charge is -2.15. The molecule has 1 aromatic carbocycles. The van der Waals surface area contributed by atoms with E-state index in [-0.39, 0.29) is 19.3 Å². The lowest BCUT2D eigenvalue weighted by molar-refractivity contribution is 0.219. The van der Waals surface area contributed by atoms with Crippen LogP contribution in [0, 0.1) is 0 Å². The molecular weight excluding hydrogens is 472 g/mol. The zero-order chi connectivity index (χ0) is 25.8. The minimum atomic E-state index is -0.343. The summed E-state index contributed by atoms with van der Waals surface area (Å²) < 4.78 is 22.4. The average molecular weight is 499 g/mol. The highest BCUT2D eigenvalue weighted by atomic mass is 16.5. The molecular formula is C27H26N6O4. The molecule has 5 aromatic rings. The number of anilines is 1. The van der Waals surface area contributed by atoms with Gasteiger partial charge in [0.05, 0.1) is 43.9 Å². The Balaban J connectivity index is 1.40. The molecule has 10 heteroatoms. The largest absolute Gasteiger partial charge is 0.493 e. The van der Waals surface area contributed by atoms with Crippen LogP contribution in [0.1, 0.15) is 0 Å². The van der Waals surface area contributed by atoms with E-state index in [1.54, 1.807) is 51.3 Å². The van der Waals surface area contributed by atoms with Gasteiger partial charge in [-0.25, -0.2) is 4.98 Å². The number of rotatable bonds is 9. The summed E-state index contributed by atoms with van der Waals surface area (Å²) >= 11 is 0. The molecule has 37 heavy (non-hydrogen) atoms. The maximum Gasteiger partial charge on any atom is 0.162 e. The van der Waals surface area contributed by atoms with Crippen molar-refractivity contribution < 1.29 is 18.9 Å². The van der Waals surface area contributed by atoms with E-state index in [9.17, 15) is 0 Å². The molecule has 0 saturated carbocycles. The minimum absolute atomic E-state index is 0.247. The maximum absolute atomic E-state index is 6.34. The summed E-state index contributed by atoms with van der Waals surface area (Å²) in [7, 11) is 3.19. The summed E-state index contributed by atoms with van der Waals surface area (Å²) in [5, 5.41) is 2.49. The molecule has 1 atom stereocenters. The fraction of sp³-hybridized carbons (Fsp3) is 0.185. The quantitative estimate of drug-likeness (QED) is 0.289. The molecule has 0 aliphatic rings. The Labute approximate surface area is 213 Å². The Hall–Kier alpha value is -4.70. The van der Waals surface area contributed by atoms with Gasteiger partial charge in [-0.2, -0.15) is 0 Å². The van der Waals surface area contributed by atoms with Gasteiger partial charge in [-0.1, -0.05) is 0 Å².